The molecule has 19 heavy (non-hydrogen) atoms. The molecule has 0 aliphatic carbocycles. The van der Waals surface area contributed by atoms with Crippen LogP contribution in [0.15, 0.2) is 12.2 Å². The highest BCUT2D eigenvalue weighted by atomic mass is 16.4. The Morgan fingerprint density at radius 1 is 1.00 bits per heavy atom. The lowest BCUT2D eigenvalue weighted by atomic mass is 9.68. The normalized spacial score (nSPS) is 13.1. The van der Waals surface area contributed by atoms with E-state index in [0.717, 1.165) is 6.42 Å². The van der Waals surface area contributed by atoms with Crippen molar-refractivity contribution in [2.24, 2.45) is 10.8 Å². The molecule has 1 N–H and O–H groups in total. The van der Waals surface area contributed by atoms with Gasteiger partial charge in [-0.2, -0.15) is 0 Å². The van der Waals surface area contributed by atoms with E-state index in [-0.39, 0.29) is 5.41 Å². The maximum atomic E-state index is 11.3. The minimum Gasteiger partial charge on any atom is -0.481 e. The van der Waals surface area contributed by atoms with Gasteiger partial charge in [-0.1, -0.05) is 65.0 Å². The van der Waals surface area contributed by atoms with Crippen molar-refractivity contribution in [3.63, 3.8) is 0 Å². The molecule has 0 heterocycles. The smallest absolute Gasteiger partial charge is 0.309 e. The van der Waals surface area contributed by atoms with Crippen LogP contribution in [0.4, 0.5) is 0 Å². The van der Waals surface area contributed by atoms with E-state index < -0.39 is 11.4 Å². The molecule has 0 bridgehead atoms. The Kier molecular flexibility index (Phi) is 8.05. The standard InChI is InChI=1S/C17H32O2/c1-6-7-8-9-10-11-12-13-14-16(2,3)17(4,5)15(18)19/h13-14H,6-12H2,1-5H3,(H,18,19)/b14-13-. The van der Waals surface area contributed by atoms with Gasteiger partial charge in [-0.05, 0) is 32.1 Å². The summed E-state index contributed by atoms with van der Waals surface area (Å²) in [4.78, 5) is 11.3. The van der Waals surface area contributed by atoms with Gasteiger partial charge in [-0.25, -0.2) is 0 Å². The molecule has 112 valence electrons. The fraction of sp³-hybridized carbons (Fsp3) is 0.824. The topological polar surface area (TPSA) is 37.3 Å². The number of carboxylic acids is 1. The quantitative estimate of drug-likeness (QED) is 0.423. The average molecular weight is 268 g/mol. The zero-order valence-corrected chi connectivity index (χ0v) is 13.5. The van der Waals surface area contributed by atoms with Gasteiger partial charge in [0.15, 0.2) is 0 Å². The van der Waals surface area contributed by atoms with Crippen molar-refractivity contribution in [1.29, 1.82) is 0 Å². The van der Waals surface area contributed by atoms with Crippen molar-refractivity contribution in [3.8, 4) is 0 Å². The molecule has 0 saturated carbocycles. The summed E-state index contributed by atoms with van der Waals surface area (Å²) in [5, 5.41) is 9.27. The highest BCUT2D eigenvalue weighted by Crippen LogP contribution is 2.40. The summed E-state index contributed by atoms with van der Waals surface area (Å²) in [5.74, 6) is -0.735. The number of carbonyl (C=O) groups is 1. The lowest BCUT2D eigenvalue weighted by Crippen LogP contribution is -2.38. The van der Waals surface area contributed by atoms with E-state index in [9.17, 15) is 9.90 Å². The van der Waals surface area contributed by atoms with Gasteiger partial charge in [0, 0.05) is 0 Å². The van der Waals surface area contributed by atoms with E-state index in [4.69, 9.17) is 0 Å². The number of rotatable bonds is 10. The molecule has 0 radical (unpaired) electrons. The molecule has 0 saturated heterocycles. The number of aliphatic carboxylic acids is 1. The molecule has 0 aliphatic rings. The molecular weight excluding hydrogens is 236 g/mol. The second-order valence-electron chi connectivity index (χ2n) is 6.61. The zero-order chi connectivity index (χ0) is 14.9. The van der Waals surface area contributed by atoms with Crippen LogP contribution in [0, 0.1) is 10.8 Å². The molecule has 0 aromatic rings. The summed E-state index contributed by atoms with van der Waals surface area (Å²) in [5.41, 5.74) is -1.05. The molecule has 2 heteroatoms. The predicted molar refractivity (Wildman–Crippen MR) is 82.3 cm³/mol. The van der Waals surface area contributed by atoms with Crippen LogP contribution in [0.1, 0.15) is 79.6 Å². The van der Waals surface area contributed by atoms with Crippen LogP contribution in [0.3, 0.4) is 0 Å². The number of allylic oxidation sites excluding steroid dienone is 2. The highest BCUT2D eigenvalue weighted by Gasteiger charge is 2.41. The third-order valence-electron chi connectivity index (χ3n) is 4.40. The fourth-order valence-electron chi connectivity index (χ4n) is 1.90. The number of unbranched alkanes of at least 4 members (excludes halogenated alkanes) is 6. The maximum absolute atomic E-state index is 11.3. The Balaban J connectivity index is 4.02. The van der Waals surface area contributed by atoms with E-state index in [0.29, 0.717) is 0 Å². The molecular formula is C17H32O2. The summed E-state index contributed by atoms with van der Waals surface area (Å²) in [6.45, 7) is 9.82. The van der Waals surface area contributed by atoms with Gasteiger partial charge in [0.05, 0.1) is 5.41 Å². The molecule has 0 aromatic carbocycles. The van der Waals surface area contributed by atoms with Crippen LogP contribution < -0.4 is 0 Å². The van der Waals surface area contributed by atoms with E-state index in [1.807, 2.05) is 13.8 Å². The third-order valence-corrected chi connectivity index (χ3v) is 4.40. The summed E-state index contributed by atoms with van der Waals surface area (Å²) in [7, 11) is 0. The Labute approximate surface area is 119 Å². The first-order valence-corrected chi connectivity index (χ1v) is 7.67. The van der Waals surface area contributed by atoms with Crippen LogP contribution in [-0.4, -0.2) is 11.1 Å². The van der Waals surface area contributed by atoms with E-state index >= 15 is 0 Å². The second-order valence-corrected chi connectivity index (χ2v) is 6.61. The van der Waals surface area contributed by atoms with Crippen molar-refractivity contribution in [3.05, 3.63) is 12.2 Å². The Morgan fingerprint density at radius 2 is 1.53 bits per heavy atom. The van der Waals surface area contributed by atoms with Crippen LogP contribution in [0.5, 0.6) is 0 Å². The largest absolute Gasteiger partial charge is 0.481 e. The molecule has 0 spiro atoms. The number of hydrogen-bond acceptors (Lipinski definition) is 1. The molecule has 0 atom stereocenters. The summed E-state index contributed by atoms with van der Waals surface area (Å²) < 4.78 is 0. The fourth-order valence-corrected chi connectivity index (χ4v) is 1.90. The maximum Gasteiger partial charge on any atom is 0.309 e. The molecule has 2 nitrogen and oxygen atoms in total. The van der Waals surface area contributed by atoms with Crippen molar-refractivity contribution in [1.82, 2.24) is 0 Å². The summed E-state index contributed by atoms with van der Waals surface area (Å²) in [6, 6.07) is 0. The van der Waals surface area contributed by atoms with Gasteiger partial charge in [-0.15, -0.1) is 0 Å². The lowest BCUT2D eigenvalue weighted by Gasteiger charge is -2.35. The van der Waals surface area contributed by atoms with Gasteiger partial charge >= 0.3 is 5.97 Å². The summed E-state index contributed by atoms with van der Waals surface area (Å²) >= 11 is 0. The first-order valence-electron chi connectivity index (χ1n) is 7.67. The zero-order valence-electron chi connectivity index (χ0n) is 13.5. The number of carboxylic acid groups (broad SMARTS) is 1. The third kappa shape index (κ3) is 6.26. The summed E-state index contributed by atoms with van der Waals surface area (Å²) in [6.07, 6.45) is 13.1. The van der Waals surface area contributed by atoms with Crippen molar-refractivity contribution in [2.75, 3.05) is 0 Å². The van der Waals surface area contributed by atoms with Gasteiger partial charge in [0.2, 0.25) is 0 Å². The minimum atomic E-state index is -0.735. The van der Waals surface area contributed by atoms with Crippen LogP contribution in [0.25, 0.3) is 0 Å². The second kappa shape index (κ2) is 8.39. The highest BCUT2D eigenvalue weighted by molar-refractivity contribution is 5.75. The SMILES string of the molecule is CCCCCCCC/C=C\C(C)(C)C(C)(C)C(=O)O. The molecule has 0 unspecified atom stereocenters. The van der Waals surface area contributed by atoms with E-state index in [1.54, 1.807) is 13.8 Å². The molecule has 0 fully saturated rings. The molecule has 0 aliphatic heterocycles. The predicted octanol–water partition coefficient (Wildman–Crippen LogP) is 5.43. The number of hydrogen-bond donors (Lipinski definition) is 1. The van der Waals surface area contributed by atoms with Crippen LogP contribution in [-0.2, 0) is 4.79 Å². The van der Waals surface area contributed by atoms with Gasteiger partial charge in [0.1, 0.15) is 0 Å². The lowest BCUT2D eigenvalue weighted by molar-refractivity contribution is -0.151. The van der Waals surface area contributed by atoms with Gasteiger partial charge in [0.25, 0.3) is 0 Å². The minimum absolute atomic E-state index is 0.318. The Hall–Kier alpha value is -0.790. The van der Waals surface area contributed by atoms with Crippen molar-refractivity contribution < 1.29 is 9.90 Å². The molecule has 0 rings (SSSR count). The monoisotopic (exact) mass is 268 g/mol. The first-order chi connectivity index (χ1) is 8.75. The van der Waals surface area contributed by atoms with E-state index in [2.05, 4.69) is 19.1 Å². The van der Waals surface area contributed by atoms with Crippen LogP contribution in [0.2, 0.25) is 0 Å². The van der Waals surface area contributed by atoms with Gasteiger partial charge < -0.3 is 5.11 Å². The molecule has 0 amide bonds. The van der Waals surface area contributed by atoms with Crippen molar-refractivity contribution >= 4 is 5.97 Å². The van der Waals surface area contributed by atoms with Crippen LogP contribution >= 0.6 is 0 Å². The average Bonchev–Trinajstić information content (AvgIpc) is 2.32. The van der Waals surface area contributed by atoms with E-state index in [1.165, 1.54) is 38.5 Å². The molecule has 0 aromatic heterocycles. The Bertz CT molecular complexity index is 288. The van der Waals surface area contributed by atoms with Crippen molar-refractivity contribution in [2.45, 2.75) is 79.6 Å². The Morgan fingerprint density at radius 3 is 2.05 bits per heavy atom. The van der Waals surface area contributed by atoms with Gasteiger partial charge in [-0.3, -0.25) is 4.79 Å². The first kappa shape index (κ1) is 18.2.